The first kappa shape index (κ1) is 95.1. The zero-order valence-electron chi connectivity index (χ0n) is 63.7. The van der Waals surface area contributed by atoms with E-state index in [1.165, 1.54) is 193 Å². The van der Waals surface area contributed by atoms with E-state index >= 15 is 0 Å². The van der Waals surface area contributed by atoms with Crippen LogP contribution in [0.5, 0.6) is 0 Å². The number of hydrogen-bond donors (Lipinski definition) is 3. The molecule has 0 radical (unpaired) electrons. The summed E-state index contributed by atoms with van der Waals surface area (Å²) in [7, 11) is -9.92. The van der Waals surface area contributed by atoms with Crippen LogP contribution in [0.1, 0.15) is 396 Å². The minimum absolute atomic E-state index is 0.106. The zero-order valence-corrected chi connectivity index (χ0v) is 65.5. The first-order valence-electron chi connectivity index (χ1n) is 40.3. The molecule has 0 aliphatic heterocycles. The van der Waals surface area contributed by atoms with E-state index in [0.717, 1.165) is 120 Å². The highest BCUT2D eigenvalue weighted by Crippen LogP contribution is 2.45. The largest absolute Gasteiger partial charge is 0.472 e. The first-order chi connectivity index (χ1) is 46.7. The average Bonchev–Trinajstić information content (AvgIpc) is 1.27. The smallest absolute Gasteiger partial charge is 0.462 e. The number of aliphatic hydroxyl groups excluding tert-OH is 1. The van der Waals surface area contributed by atoms with E-state index in [1.807, 2.05) is 0 Å². The highest BCUT2D eigenvalue weighted by atomic mass is 31.2. The molecule has 0 saturated carbocycles. The molecular formula is C78H152O17P2. The van der Waals surface area contributed by atoms with E-state index in [0.29, 0.717) is 25.7 Å². The monoisotopic (exact) mass is 1420 g/mol. The van der Waals surface area contributed by atoms with Gasteiger partial charge in [-0.2, -0.15) is 0 Å². The van der Waals surface area contributed by atoms with E-state index in [1.54, 1.807) is 0 Å². The Labute approximate surface area is 594 Å². The number of esters is 4. The molecule has 0 aromatic rings. The minimum Gasteiger partial charge on any atom is -0.462 e. The van der Waals surface area contributed by atoms with Gasteiger partial charge < -0.3 is 33.8 Å². The number of hydrogen-bond acceptors (Lipinski definition) is 15. The van der Waals surface area contributed by atoms with Gasteiger partial charge in [0.15, 0.2) is 12.2 Å². The zero-order chi connectivity index (χ0) is 71.7. The summed E-state index contributed by atoms with van der Waals surface area (Å²) in [4.78, 5) is 72.9. The first-order valence-corrected chi connectivity index (χ1v) is 43.3. The van der Waals surface area contributed by atoms with Crippen LogP contribution >= 0.6 is 15.6 Å². The summed E-state index contributed by atoms with van der Waals surface area (Å²) < 4.78 is 68.6. The van der Waals surface area contributed by atoms with E-state index in [4.69, 9.17) is 37.0 Å². The lowest BCUT2D eigenvalue weighted by molar-refractivity contribution is -0.161. The highest BCUT2D eigenvalue weighted by molar-refractivity contribution is 7.47. The minimum atomic E-state index is -4.96. The van der Waals surface area contributed by atoms with Crippen molar-refractivity contribution in [3.05, 3.63) is 0 Å². The number of carbonyl (C=O) groups excluding carboxylic acids is 4. The second-order valence-corrected chi connectivity index (χ2v) is 32.4. The lowest BCUT2D eigenvalue weighted by Gasteiger charge is -2.21. The fraction of sp³-hybridized carbons (Fsp3) is 0.949. The van der Waals surface area contributed by atoms with Crippen molar-refractivity contribution in [2.24, 2.45) is 23.7 Å². The summed E-state index contributed by atoms with van der Waals surface area (Å²) in [6.07, 6.45) is 52.7. The van der Waals surface area contributed by atoms with Crippen LogP contribution in [0.25, 0.3) is 0 Å². The predicted molar refractivity (Wildman–Crippen MR) is 395 cm³/mol. The van der Waals surface area contributed by atoms with Gasteiger partial charge in [0.2, 0.25) is 0 Å². The molecule has 0 spiro atoms. The van der Waals surface area contributed by atoms with Gasteiger partial charge in [0.05, 0.1) is 26.4 Å². The number of rotatable bonds is 75. The third-order valence-corrected chi connectivity index (χ3v) is 20.7. The van der Waals surface area contributed by atoms with E-state index in [2.05, 4.69) is 55.4 Å². The van der Waals surface area contributed by atoms with Crippen LogP contribution in [0.3, 0.4) is 0 Å². The summed E-state index contributed by atoms with van der Waals surface area (Å²) in [6, 6.07) is 0. The summed E-state index contributed by atoms with van der Waals surface area (Å²) in [5, 5.41) is 10.6. The van der Waals surface area contributed by atoms with E-state index < -0.39 is 97.5 Å². The van der Waals surface area contributed by atoms with Gasteiger partial charge in [0, 0.05) is 25.7 Å². The third-order valence-electron chi connectivity index (χ3n) is 18.8. The quantitative estimate of drug-likeness (QED) is 0.0222. The Bertz CT molecular complexity index is 1910. The molecule has 19 heteroatoms. The fourth-order valence-corrected chi connectivity index (χ4v) is 13.4. The number of carbonyl (C=O) groups is 4. The summed E-state index contributed by atoms with van der Waals surface area (Å²) >= 11 is 0. The molecule has 576 valence electrons. The molecule has 4 unspecified atom stereocenters. The molecule has 0 bridgehead atoms. The molecule has 0 rings (SSSR count). The molecule has 17 nitrogen and oxygen atoms in total. The van der Waals surface area contributed by atoms with E-state index in [9.17, 15) is 43.2 Å². The summed E-state index contributed by atoms with van der Waals surface area (Å²) in [5.74, 6) is 0.987. The predicted octanol–water partition coefficient (Wildman–Crippen LogP) is 22.8. The van der Waals surface area contributed by atoms with Crippen LogP contribution in [-0.4, -0.2) is 96.7 Å². The Morgan fingerprint density at radius 1 is 0.289 bits per heavy atom. The fourth-order valence-electron chi connectivity index (χ4n) is 11.8. The van der Waals surface area contributed by atoms with Crippen LogP contribution < -0.4 is 0 Å². The Kier molecular flexibility index (Phi) is 65.9. The molecule has 97 heavy (non-hydrogen) atoms. The van der Waals surface area contributed by atoms with Crippen molar-refractivity contribution in [3.63, 3.8) is 0 Å². The van der Waals surface area contributed by atoms with Gasteiger partial charge in [-0.25, -0.2) is 9.13 Å². The van der Waals surface area contributed by atoms with Gasteiger partial charge in [0.1, 0.15) is 19.3 Å². The Morgan fingerprint density at radius 3 is 0.732 bits per heavy atom. The molecule has 0 aliphatic carbocycles. The van der Waals surface area contributed by atoms with Crippen LogP contribution in [0.15, 0.2) is 0 Å². The van der Waals surface area contributed by atoms with Gasteiger partial charge in [-0.05, 0) is 49.4 Å². The topological polar surface area (TPSA) is 237 Å². The van der Waals surface area contributed by atoms with Crippen molar-refractivity contribution in [1.82, 2.24) is 0 Å². The molecule has 0 fully saturated rings. The van der Waals surface area contributed by atoms with Crippen molar-refractivity contribution in [3.8, 4) is 0 Å². The second kappa shape index (κ2) is 67.2. The SMILES string of the molecule is CCC(C)CCCCCCCCCCC(=O)OC[C@H](COP(=O)(O)OC[C@@H](O)COP(=O)(O)OC[C@@H](COC(=O)CCCCCCCCC(C)CC)OC(=O)CCCCCCCCCCCCCCCCC(C)C)OC(=O)CCCCCCCCCCCCCCCCCC(C)C. The van der Waals surface area contributed by atoms with Crippen molar-refractivity contribution < 1.29 is 80.2 Å². The molecule has 0 heterocycles. The highest BCUT2D eigenvalue weighted by Gasteiger charge is 2.30. The normalized spacial score (nSPS) is 14.6. The van der Waals surface area contributed by atoms with Crippen molar-refractivity contribution >= 4 is 39.5 Å². The van der Waals surface area contributed by atoms with Gasteiger partial charge >= 0.3 is 39.5 Å². The van der Waals surface area contributed by atoms with Crippen LogP contribution in [-0.2, 0) is 65.4 Å². The molecule has 7 atom stereocenters. The maximum absolute atomic E-state index is 13.1. The maximum atomic E-state index is 13.1. The Morgan fingerprint density at radius 2 is 0.495 bits per heavy atom. The number of ether oxygens (including phenoxy) is 4. The Hall–Kier alpha value is -1.94. The number of aliphatic hydroxyl groups is 1. The van der Waals surface area contributed by atoms with Crippen LogP contribution in [0, 0.1) is 23.7 Å². The van der Waals surface area contributed by atoms with Gasteiger partial charge in [-0.1, -0.05) is 344 Å². The van der Waals surface area contributed by atoms with Crippen molar-refractivity contribution in [1.29, 1.82) is 0 Å². The third kappa shape index (κ3) is 69.5. The second-order valence-electron chi connectivity index (χ2n) is 29.5. The van der Waals surface area contributed by atoms with E-state index in [-0.39, 0.29) is 25.7 Å². The van der Waals surface area contributed by atoms with Crippen molar-refractivity contribution in [2.45, 2.75) is 414 Å². The lowest BCUT2D eigenvalue weighted by Crippen LogP contribution is -2.30. The standard InChI is InChI=1S/C78H152O17P2/c1-9-70(7)56-48-40-32-28-29-33-42-50-58-75(80)88-64-73(94-77(82)60-52-44-34-26-22-18-13-11-12-16-20-24-30-38-46-54-68(3)4)66-92-96(84,85)90-62-72(79)63-91-97(86,87)93-67-74(65-89-76(81)59-51-43-37-36-41-49-57-71(8)10-2)95-78(83)61-53-45-35-27-23-19-15-14-17-21-25-31-39-47-55-69(5)6/h68-74,79H,9-67H2,1-8H3,(H,84,85)(H,86,87)/t70?,71?,72-,73-,74-/m1/s1. The number of phosphoric ester groups is 2. The molecule has 3 N–H and O–H groups in total. The number of unbranched alkanes of at least 4 members (excludes halogenated alkanes) is 39. The van der Waals surface area contributed by atoms with Crippen molar-refractivity contribution in [2.75, 3.05) is 39.6 Å². The van der Waals surface area contributed by atoms with Crippen LogP contribution in [0.4, 0.5) is 0 Å². The summed E-state index contributed by atoms with van der Waals surface area (Å²) in [5.41, 5.74) is 0. The summed E-state index contributed by atoms with van der Waals surface area (Å²) in [6.45, 7) is 14.2. The molecule has 0 saturated heterocycles. The molecule has 0 aliphatic rings. The van der Waals surface area contributed by atoms with Gasteiger partial charge in [-0.15, -0.1) is 0 Å². The average molecular weight is 1420 g/mol. The molecular weight excluding hydrogens is 1270 g/mol. The lowest BCUT2D eigenvalue weighted by atomic mass is 9.99. The molecule has 0 aromatic carbocycles. The number of phosphoric acid groups is 2. The molecule has 0 amide bonds. The Balaban J connectivity index is 5.24. The van der Waals surface area contributed by atoms with Gasteiger partial charge in [-0.3, -0.25) is 37.3 Å². The maximum Gasteiger partial charge on any atom is 0.472 e. The molecule has 0 aromatic heterocycles. The van der Waals surface area contributed by atoms with Gasteiger partial charge in [0.25, 0.3) is 0 Å². The van der Waals surface area contributed by atoms with Crippen LogP contribution in [0.2, 0.25) is 0 Å².